The third-order valence-corrected chi connectivity index (χ3v) is 9.81. The van der Waals surface area contributed by atoms with E-state index in [1.54, 1.807) is 6.07 Å². The van der Waals surface area contributed by atoms with Crippen LogP contribution >= 0.6 is 0 Å². The lowest BCUT2D eigenvalue weighted by molar-refractivity contribution is -0.643. The van der Waals surface area contributed by atoms with Gasteiger partial charge >= 0.3 is 5.97 Å². The first-order valence-electron chi connectivity index (χ1n) is 14.4. The highest BCUT2D eigenvalue weighted by Gasteiger charge is 2.75. The van der Waals surface area contributed by atoms with E-state index in [4.69, 9.17) is 14.5 Å². The Morgan fingerprint density at radius 3 is 2.27 bits per heavy atom. The number of hydrogen-bond donors (Lipinski definition) is 3. The maximum Gasteiger partial charge on any atom is 0.328 e. The molecule has 7 nitrogen and oxygen atoms in total. The summed E-state index contributed by atoms with van der Waals surface area (Å²) >= 11 is 0. The number of hydrogen-bond acceptors (Lipinski definition) is 6. The molecule has 0 radical (unpaired) electrons. The number of carboxylic acid groups (broad SMARTS) is 1. The summed E-state index contributed by atoms with van der Waals surface area (Å²) < 4.78 is 6.20. The van der Waals surface area contributed by atoms with Gasteiger partial charge in [0, 0.05) is 22.8 Å². The van der Waals surface area contributed by atoms with E-state index < -0.39 is 17.4 Å². The fraction of sp³-hybridized carbons (Fsp3) is 0.382. The van der Waals surface area contributed by atoms with E-state index in [0.29, 0.717) is 34.3 Å². The second-order valence-corrected chi connectivity index (χ2v) is 12.5. The van der Waals surface area contributed by atoms with Gasteiger partial charge in [0.05, 0.1) is 0 Å². The van der Waals surface area contributed by atoms with Crippen LogP contribution in [-0.4, -0.2) is 26.9 Å². The largest absolute Gasteiger partial charge is 0.507 e. The number of ether oxygens (including phenoxy) is 1. The molecule has 2 aromatic carbocycles. The van der Waals surface area contributed by atoms with Crippen molar-refractivity contribution in [3.05, 3.63) is 88.2 Å². The molecule has 2 aliphatic heterocycles. The number of fused-ring (bicyclic) bond motifs is 1. The van der Waals surface area contributed by atoms with Crippen LogP contribution in [0.25, 0.3) is 17.7 Å². The molecule has 0 amide bonds. The Morgan fingerprint density at radius 2 is 1.63 bits per heavy atom. The average molecular weight is 555 g/mol. The summed E-state index contributed by atoms with van der Waals surface area (Å²) in [5.74, 6) is 0.0144. The molecule has 5 fully saturated rings. The van der Waals surface area contributed by atoms with Crippen LogP contribution in [0, 0.1) is 23.7 Å². The summed E-state index contributed by atoms with van der Waals surface area (Å²) in [6.07, 6.45) is 13.2. The molecule has 4 bridgehead atoms. The summed E-state index contributed by atoms with van der Waals surface area (Å²) in [5, 5.41) is 32.4. The van der Waals surface area contributed by atoms with Crippen LogP contribution in [0.15, 0.2) is 66.0 Å². The minimum absolute atomic E-state index is 0.147. The van der Waals surface area contributed by atoms with Gasteiger partial charge in [-0.3, -0.25) is 0 Å². The second-order valence-electron chi connectivity index (χ2n) is 12.5. The molecule has 1 unspecified atom stereocenters. The highest BCUT2D eigenvalue weighted by atomic mass is 17.3. The monoisotopic (exact) mass is 554 g/mol. The van der Waals surface area contributed by atoms with E-state index in [1.165, 1.54) is 18.6 Å². The van der Waals surface area contributed by atoms with Crippen molar-refractivity contribution in [1.29, 1.82) is 0 Å². The molecule has 2 aromatic rings. The van der Waals surface area contributed by atoms with Crippen LogP contribution in [0.1, 0.15) is 68.2 Å². The van der Waals surface area contributed by atoms with Crippen molar-refractivity contribution in [1.82, 2.24) is 0 Å². The minimum Gasteiger partial charge on any atom is -0.507 e. The van der Waals surface area contributed by atoms with Crippen molar-refractivity contribution in [2.24, 2.45) is 23.7 Å². The summed E-state index contributed by atoms with van der Waals surface area (Å²) in [6, 6.07) is 11.0. The zero-order valence-corrected chi connectivity index (χ0v) is 23.2. The van der Waals surface area contributed by atoms with Gasteiger partial charge in [0.1, 0.15) is 17.3 Å². The van der Waals surface area contributed by atoms with Crippen molar-refractivity contribution < 1.29 is 34.6 Å². The lowest BCUT2D eigenvalue weighted by Gasteiger charge is -2.68. The number of allylic oxidation sites excluding steroid dienone is 4. The molecule has 41 heavy (non-hydrogen) atoms. The van der Waals surface area contributed by atoms with Crippen molar-refractivity contribution >= 4 is 23.7 Å². The van der Waals surface area contributed by atoms with E-state index >= 15 is 0 Å². The first kappa shape index (κ1) is 26.3. The summed E-state index contributed by atoms with van der Waals surface area (Å²) in [7, 11) is 0. The average Bonchev–Trinajstić information content (AvgIpc) is 2.93. The molecule has 4 aliphatic carbocycles. The van der Waals surface area contributed by atoms with Crippen molar-refractivity contribution in [2.75, 3.05) is 0 Å². The van der Waals surface area contributed by atoms with Crippen molar-refractivity contribution in [3.8, 4) is 11.5 Å². The molecule has 1 atom stereocenters. The smallest absolute Gasteiger partial charge is 0.328 e. The quantitative estimate of drug-likeness (QED) is 0.283. The van der Waals surface area contributed by atoms with Crippen molar-refractivity contribution in [3.63, 3.8) is 0 Å². The molecule has 3 N–H and O–H groups in total. The van der Waals surface area contributed by atoms with Crippen LogP contribution in [0.2, 0.25) is 0 Å². The van der Waals surface area contributed by atoms with Crippen molar-refractivity contribution in [2.45, 2.75) is 57.3 Å². The molecule has 4 saturated carbocycles. The third-order valence-electron chi connectivity index (χ3n) is 9.81. The third kappa shape index (κ3) is 4.02. The highest BCUT2D eigenvalue weighted by Crippen LogP contribution is 2.68. The van der Waals surface area contributed by atoms with E-state index in [2.05, 4.69) is 13.8 Å². The lowest BCUT2D eigenvalue weighted by atomic mass is 9.47. The molecule has 1 saturated heterocycles. The van der Waals surface area contributed by atoms with Gasteiger partial charge < -0.3 is 20.1 Å². The Hall–Kier alpha value is -3.65. The zero-order chi connectivity index (χ0) is 28.5. The van der Waals surface area contributed by atoms with Crippen LogP contribution in [0.5, 0.6) is 11.5 Å². The van der Waals surface area contributed by atoms with E-state index in [0.717, 1.165) is 54.2 Å². The van der Waals surface area contributed by atoms with Gasteiger partial charge in [0.15, 0.2) is 5.60 Å². The maximum atomic E-state index is 12.3. The molecule has 1 spiro atoms. The highest BCUT2D eigenvalue weighted by molar-refractivity contribution is 5.86. The number of para-hydroxylation sites is 1. The standard InChI is InChI=1S/C34H34O7/c1-19(2)28-17-26(39-31-6-4-3-5-27(28)31)9-7-22-16-23(8-10-32(36)37)30(35)18-29(22)34(38)33(40-41-34)24-12-20-11-21(14-24)15-25(33)13-20/h3-10,16-18,20-21,24-25,35,38H,11-15H2,1-2H3,(H,36,37)/b9-7+,10-8+. The predicted octanol–water partition coefficient (Wildman–Crippen LogP) is 6.57. The fourth-order valence-corrected chi connectivity index (χ4v) is 8.22. The van der Waals surface area contributed by atoms with Crippen LogP contribution < -0.4 is 4.74 Å². The molecule has 7 heteroatoms. The fourth-order valence-electron chi connectivity index (χ4n) is 8.22. The Labute approximate surface area is 239 Å². The van der Waals surface area contributed by atoms with Crippen LogP contribution in [-0.2, 0) is 20.4 Å². The topological polar surface area (TPSA) is 105 Å². The van der Waals surface area contributed by atoms with Gasteiger partial charge in [0.2, 0.25) is 0 Å². The molecule has 8 rings (SSSR count). The first-order valence-corrected chi connectivity index (χ1v) is 14.4. The molecule has 0 aromatic heterocycles. The number of carboxylic acids is 1. The number of carbonyl (C=O) groups is 1. The minimum atomic E-state index is -1.75. The van der Waals surface area contributed by atoms with Crippen LogP contribution in [0.3, 0.4) is 0 Å². The second kappa shape index (κ2) is 9.44. The number of aliphatic carboxylic acids is 1. The predicted molar refractivity (Wildman–Crippen MR) is 153 cm³/mol. The van der Waals surface area contributed by atoms with Gasteiger partial charge in [-0.25, -0.2) is 9.68 Å². The lowest BCUT2D eigenvalue weighted by Crippen LogP contribution is -2.76. The SMILES string of the molecule is CC(C)=C1C=C(/C=C/c2cc(/C=C/C(=O)O)c(O)cc2C2(O)OOC23C2CC4CC(C2)CC3C4)Oc2ccccc21. The van der Waals surface area contributed by atoms with Gasteiger partial charge in [0.25, 0.3) is 5.79 Å². The Bertz CT molecular complexity index is 1530. The van der Waals surface area contributed by atoms with E-state index in [1.807, 2.05) is 42.5 Å². The Morgan fingerprint density at radius 1 is 0.927 bits per heavy atom. The molecule has 2 heterocycles. The first-order chi connectivity index (χ1) is 19.7. The van der Waals surface area contributed by atoms with Gasteiger partial charge in [-0.2, -0.15) is 4.89 Å². The summed E-state index contributed by atoms with van der Waals surface area (Å²) in [4.78, 5) is 22.8. The number of phenolic OH excluding ortho intramolecular Hbond substituents is 1. The maximum absolute atomic E-state index is 12.3. The number of phenols is 1. The molecule has 6 aliphatic rings. The Balaban J connectivity index is 1.32. The molecule has 212 valence electrons. The van der Waals surface area contributed by atoms with E-state index in [-0.39, 0.29) is 17.6 Å². The number of benzene rings is 2. The summed E-state index contributed by atoms with van der Waals surface area (Å²) in [5.41, 5.74) is 3.66. The normalized spacial score (nSPS) is 33.1. The molecular weight excluding hydrogens is 520 g/mol. The summed E-state index contributed by atoms with van der Waals surface area (Å²) in [6.45, 7) is 4.12. The van der Waals surface area contributed by atoms with Gasteiger partial charge in [-0.1, -0.05) is 29.8 Å². The number of rotatable bonds is 5. The van der Waals surface area contributed by atoms with Gasteiger partial charge in [-0.15, -0.1) is 0 Å². The van der Waals surface area contributed by atoms with E-state index in [9.17, 15) is 20.1 Å². The molecular formula is C34H34O7. The number of aliphatic hydroxyl groups is 1. The van der Waals surface area contributed by atoms with Gasteiger partial charge in [-0.05, 0) is 117 Å². The number of aromatic hydroxyl groups is 1. The van der Waals surface area contributed by atoms with Crippen LogP contribution in [0.4, 0.5) is 0 Å². The Kier molecular flexibility index (Phi) is 6.05. The zero-order valence-electron chi connectivity index (χ0n) is 23.2.